The molecular weight excluding hydrogens is 358 g/mol. The number of amides is 1. The Hall–Kier alpha value is -2.86. The van der Waals surface area contributed by atoms with E-state index in [9.17, 15) is 9.59 Å². The number of morpholine rings is 1. The number of hydrogen-bond donors (Lipinski definition) is 0. The van der Waals surface area contributed by atoms with Gasteiger partial charge in [0.15, 0.2) is 6.61 Å². The number of aryl methyl sites for hydroxylation is 1. The Kier molecular flexibility index (Phi) is 4.81. The summed E-state index contributed by atoms with van der Waals surface area (Å²) in [4.78, 5) is 26.7. The summed E-state index contributed by atoms with van der Waals surface area (Å²) in [7, 11) is 0. The fourth-order valence-electron chi connectivity index (χ4n) is 3.81. The number of benzene rings is 2. The van der Waals surface area contributed by atoms with Crippen LogP contribution >= 0.6 is 0 Å². The van der Waals surface area contributed by atoms with Crippen LogP contribution in [-0.2, 0) is 14.3 Å². The van der Waals surface area contributed by atoms with E-state index in [1.54, 1.807) is 4.90 Å². The first-order valence-corrected chi connectivity index (χ1v) is 9.45. The Bertz CT molecular complexity index is 1040. The van der Waals surface area contributed by atoms with Gasteiger partial charge in [0.1, 0.15) is 5.58 Å². The number of carbonyl (C=O) groups excluding carboxylic acids is 2. The lowest BCUT2D eigenvalue weighted by Crippen LogP contribution is -2.49. The first-order chi connectivity index (χ1) is 13.4. The minimum absolute atomic E-state index is 0.0331. The molecule has 1 aliphatic heterocycles. The van der Waals surface area contributed by atoms with Gasteiger partial charge in [-0.25, -0.2) is 4.79 Å². The van der Waals surface area contributed by atoms with Crippen molar-refractivity contribution in [2.75, 3.05) is 19.7 Å². The van der Waals surface area contributed by atoms with E-state index in [0.717, 1.165) is 16.2 Å². The summed E-state index contributed by atoms with van der Waals surface area (Å²) >= 11 is 0. The molecule has 1 amide bonds. The lowest BCUT2D eigenvalue weighted by molar-refractivity contribution is -0.146. The molecule has 3 aromatic rings. The van der Waals surface area contributed by atoms with Gasteiger partial charge in [0, 0.05) is 29.4 Å². The van der Waals surface area contributed by atoms with E-state index in [1.165, 1.54) is 0 Å². The summed E-state index contributed by atoms with van der Waals surface area (Å²) in [5.41, 5.74) is 1.37. The van der Waals surface area contributed by atoms with Crippen molar-refractivity contribution in [2.45, 2.75) is 33.0 Å². The number of carbonyl (C=O) groups is 2. The van der Waals surface area contributed by atoms with Crippen LogP contribution in [0.1, 0.15) is 30.0 Å². The predicted molar refractivity (Wildman–Crippen MR) is 105 cm³/mol. The van der Waals surface area contributed by atoms with Gasteiger partial charge in [0.25, 0.3) is 5.91 Å². The SMILES string of the molecule is Cc1c(C(=O)OCC(=O)N2C[C@@H](C)O[C@@H](C)C2)oc2c1ccc1ccccc12. The van der Waals surface area contributed by atoms with Crippen LogP contribution in [0.2, 0.25) is 0 Å². The van der Waals surface area contributed by atoms with Gasteiger partial charge in [-0.3, -0.25) is 4.79 Å². The second kappa shape index (κ2) is 7.28. The molecule has 28 heavy (non-hydrogen) atoms. The van der Waals surface area contributed by atoms with Crippen LogP contribution in [0.3, 0.4) is 0 Å². The molecule has 1 aliphatic rings. The molecule has 0 spiro atoms. The molecule has 2 atom stereocenters. The summed E-state index contributed by atoms with van der Waals surface area (Å²) in [5.74, 6) is -0.710. The Morgan fingerprint density at radius 1 is 1.07 bits per heavy atom. The molecule has 6 heteroatoms. The fourth-order valence-corrected chi connectivity index (χ4v) is 3.81. The largest absolute Gasteiger partial charge is 0.450 e. The van der Waals surface area contributed by atoms with Gasteiger partial charge in [-0.1, -0.05) is 36.4 Å². The van der Waals surface area contributed by atoms with Crippen LogP contribution in [0.5, 0.6) is 0 Å². The van der Waals surface area contributed by atoms with Crippen molar-refractivity contribution in [1.82, 2.24) is 4.90 Å². The summed E-state index contributed by atoms with van der Waals surface area (Å²) in [5, 5.41) is 2.84. The number of rotatable bonds is 3. The highest BCUT2D eigenvalue weighted by Gasteiger charge is 2.27. The predicted octanol–water partition coefficient (Wildman–Crippen LogP) is 3.69. The van der Waals surface area contributed by atoms with Crippen molar-refractivity contribution in [3.8, 4) is 0 Å². The van der Waals surface area contributed by atoms with Crippen molar-refractivity contribution in [1.29, 1.82) is 0 Å². The molecule has 0 aliphatic carbocycles. The highest BCUT2D eigenvalue weighted by atomic mass is 16.5. The quantitative estimate of drug-likeness (QED) is 0.647. The van der Waals surface area contributed by atoms with Crippen LogP contribution in [0, 0.1) is 6.92 Å². The zero-order chi connectivity index (χ0) is 19.8. The molecular formula is C22H23NO5. The van der Waals surface area contributed by atoms with Gasteiger partial charge in [-0.15, -0.1) is 0 Å². The van der Waals surface area contributed by atoms with E-state index in [0.29, 0.717) is 24.2 Å². The molecule has 6 nitrogen and oxygen atoms in total. The highest BCUT2D eigenvalue weighted by Crippen LogP contribution is 2.32. The average molecular weight is 381 g/mol. The number of ether oxygens (including phenoxy) is 2. The fraction of sp³-hybridized carbons (Fsp3) is 0.364. The number of hydrogen-bond acceptors (Lipinski definition) is 5. The highest BCUT2D eigenvalue weighted by molar-refractivity contribution is 6.08. The standard InChI is InChI=1S/C22H23NO5/c1-13-10-23(11-14(2)27-13)19(24)12-26-22(25)20-15(3)17-9-8-16-6-4-5-7-18(16)21(17)28-20/h4-9,13-14H,10-12H2,1-3H3/t13-,14+. The van der Waals surface area contributed by atoms with E-state index < -0.39 is 5.97 Å². The maximum absolute atomic E-state index is 12.6. The van der Waals surface area contributed by atoms with Crippen molar-refractivity contribution in [3.05, 3.63) is 47.7 Å². The molecule has 1 fully saturated rings. The van der Waals surface area contributed by atoms with Crippen LogP contribution in [0.4, 0.5) is 0 Å². The van der Waals surface area contributed by atoms with Crippen molar-refractivity contribution >= 4 is 33.6 Å². The van der Waals surface area contributed by atoms with Crippen molar-refractivity contribution in [3.63, 3.8) is 0 Å². The molecule has 2 aromatic carbocycles. The van der Waals surface area contributed by atoms with E-state index >= 15 is 0 Å². The third kappa shape index (κ3) is 3.36. The van der Waals surface area contributed by atoms with Crippen LogP contribution in [0.25, 0.3) is 21.7 Å². The van der Waals surface area contributed by atoms with Gasteiger partial charge in [0.2, 0.25) is 5.76 Å². The van der Waals surface area contributed by atoms with Crippen LogP contribution in [0.15, 0.2) is 40.8 Å². The third-order valence-electron chi connectivity index (χ3n) is 5.11. The zero-order valence-corrected chi connectivity index (χ0v) is 16.2. The molecule has 0 saturated carbocycles. The molecule has 0 bridgehead atoms. The van der Waals surface area contributed by atoms with Gasteiger partial charge >= 0.3 is 5.97 Å². The van der Waals surface area contributed by atoms with Gasteiger partial charge in [-0.05, 0) is 26.2 Å². The number of esters is 1. The van der Waals surface area contributed by atoms with Gasteiger partial charge < -0.3 is 18.8 Å². The number of nitrogens with zero attached hydrogens (tertiary/aromatic N) is 1. The Morgan fingerprint density at radius 3 is 2.54 bits per heavy atom. The summed E-state index contributed by atoms with van der Waals surface area (Å²) in [6.07, 6.45) is -0.0661. The second-order valence-electron chi connectivity index (χ2n) is 7.35. The normalized spacial score (nSPS) is 19.9. The van der Waals surface area contributed by atoms with Gasteiger partial charge in [-0.2, -0.15) is 0 Å². The molecule has 146 valence electrons. The maximum Gasteiger partial charge on any atom is 0.375 e. The molecule has 2 heterocycles. The number of fused-ring (bicyclic) bond motifs is 3. The van der Waals surface area contributed by atoms with E-state index in [4.69, 9.17) is 13.9 Å². The average Bonchev–Trinajstić information content (AvgIpc) is 3.02. The molecule has 1 saturated heterocycles. The third-order valence-corrected chi connectivity index (χ3v) is 5.11. The summed E-state index contributed by atoms with van der Waals surface area (Å²) < 4.78 is 16.8. The molecule has 0 unspecified atom stereocenters. The molecule has 1 aromatic heterocycles. The summed E-state index contributed by atoms with van der Waals surface area (Å²) in [6.45, 7) is 6.35. The number of furan rings is 1. The molecule has 0 N–H and O–H groups in total. The Morgan fingerprint density at radius 2 is 1.79 bits per heavy atom. The van der Waals surface area contributed by atoms with Crippen LogP contribution in [-0.4, -0.2) is 48.7 Å². The van der Waals surface area contributed by atoms with Crippen LogP contribution < -0.4 is 0 Å². The van der Waals surface area contributed by atoms with E-state index in [-0.39, 0.29) is 30.5 Å². The first kappa shape index (κ1) is 18.5. The zero-order valence-electron chi connectivity index (χ0n) is 16.2. The van der Waals surface area contributed by atoms with Crippen molar-refractivity contribution < 1.29 is 23.5 Å². The Balaban J connectivity index is 1.52. The smallest absolute Gasteiger partial charge is 0.375 e. The van der Waals surface area contributed by atoms with Crippen molar-refractivity contribution in [2.24, 2.45) is 0 Å². The van der Waals surface area contributed by atoms with E-state index in [1.807, 2.05) is 57.2 Å². The first-order valence-electron chi connectivity index (χ1n) is 9.45. The van der Waals surface area contributed by atoms with Gasteiger partial charge in [0.05, 0.1) is 12.2 Å². The summed E-state index contributed by atoms with van der Waals surface area (Å²) in [6, 6.07) is 11.8. The topological polar surface area (TPSA) is 69.0 Å². The lowest BCUT2D eigenvalue weighted by Gasteiger charge is -2.35. The Labute approximate surface area is 163 Å². The minimum Gasteiger partial charge on any atom is -0.450 e. The molecule has 0 radical (unpaired) electrons. The second-order valence-corrected chi connectivity index (χ2v) is 7.35. The molecule has 4 rings (SSSR count). The van der Waals surface area contributed by atoms with E-state index in [2.05, 4.69) is 0 Å². The monoisotopic (exact) mass is 381 g/mol. The maximum atomic E-state index is 12.6. The minimum atomic E-state index is -0.625. The lowest BCUT2D eigenvalue weighted by atomic mass is 10.1.